The second kappa shape index (κ2) is 5.61. The zero-order chi connectivity index (χ0) is 15.1. The zero-order valence-corrected chi connectivity index (χ0v) is 14.0. The summed E-state index contributed by atoms with van der Waals surface area (Å²) in [5.41, 5.74) is 3.27. The highest BCUT2D eigenvalue weighted by molar-refractivity contribution is 7.15. The molecule has 1 aliphatic rings. The molecule has 0 spiro atoms. The van der Waals surface area contributed by atoms with Crippen LogP contribution in [0.3, 0.4) is 0 Å². The largest absolute Gasteiger partial charge is 0.290 e. The SMILES string of the molecule is Cc1csc2nc(CN3CCC[C@H]3c3ccsc3)cc(=O)n12. The fourth-order valence-corrected chi connectivity index (χ4v) is 4.85. The number of hydrogen-bond donors (Lipinski definition) is 0. The lowest BCUT2D eigenvalue weighted by atomic mass is 10.1. The molecule has 0 aromatic carbocycles. The summed E-state index contributed by atoms with van der Waals surface area (Å²) in [6.07, 6.45) is 2.40. The molecule has 1 atom stereocenters. The fraction of sp³-hybridized carbons (Fsp3) is 0.375. The second-order valence-corrected chi connectivity index (χ2v) is 7.38. The summed E-state index contributed by atoms with van der Waals surface area (Å²) in [7, 11) is 0. The Balaban J connectivity index is 1.64. The Morgan fingerprint density at radius 2 is 2.32 bits per heavy atom. The molecule has 1 fully saturated rings. The van der Waals surface area contributed by atoms with Gasteiger partial charge in [0.25, 0.3) is 5.56 Å². The minimum Gasteiger partial charge on any atom is -0.290 e. The van der Waals surface area contributed by atoms with Crippen LogP contribution in [-0.2, 0) is 6.54 Å². The van der Waals surface area contributed by atoms with Gasteiger partial charge in [0, 0.05) is 29.7 Å². The molecule has 6 heteroatoms. The maximum Gasteiger partial charge on any atom is 0.259 e. The van der Waals surface area contributed by atoms with Gasteiger partial charge in [0.05, 0.1) is 5.69 Å². The maximum atomic E-state index is 12.3. The number of nitrogens with zero attached hydrogens (tertiary/aromatic N) is 3. The van der Waals surface area contributed by atoms with Crippen molar-refractivity contribution in [1.29, 1.82) is 0 Å². The van der Waals surface area contributed by atoms with Crippen LogP contribution in [0.25, 0.3) is 4.96 Å². The van der Waals surface area contributed by atoms with Crippen LogP contribution in [0.4, 0.5) is 0 Å². The van der Waals surface area contributed by atoms with Crippen LogP contribution in [-0.4, -0.2) is 20.8 Å². The van der Waals surface area contributed by atoms with Crippen LogP contribution in [0, 0.1) is 6.92 Å². The third kappa shape index (κ3) is 2.41. The lowest BCUT2D eigenvalue weighted by Crippen LogP contribution is -2.25. The summed E-state index contributed by atoms with van der Waals surface area (Å²) in [5.74, 6) is 0. The summed E-state index contributed by atoms with van der Waals surface area (Å²) in [5, 5.41) is 6.35. The molecule has 1 aliphatic heterocycles. The van der Waals surface area contributed by atoms with E-state index in [9.17, 15) is 4.79 Å². The van der Waals surface area contributed by atoms with Gasteiger partial charge >= 0.3 is 0 Å². The van der Waals surface area contributed by atoms with Gasteiger partial charge < -0.3 is 0 Å². The minimum atomic E-state index is 0.0324. The van der Waals surface area contributed by atoms with Gasteiger partial charge in [-0.15, -0.1) is 11.3 Å². The molecule has 0 N–H and O–H groups in total. The topological polar surface area (TPSA) is 37.6 Å². The molecule has 3 aromatic rings. The number of fused-ring (bicyclic) bond motifs is 1. The van der Waals surface area contributed by atoms with Gasteiger partial charge in [-0.25, -0.2) is 4.98 Å². The van der Waals surface area contributed by atoms with Gasteiger partial charge in [0.2, 0.25) is 0 Å². The van der Waals surface area contributed by atoms with E-state index < -0.39 is 0 Å². The maximum absolute atomic E-state index is 12.3. The Morgan fingerprint density at radius 3 is 3.14 bits per heavy atom. The van der Waals surface area contributed by atoms with Crippen LogP contribution in [0.1, 0.15) is 35.8 Å². The molecule has 0 aliphatic carbocycles. The first-order valence-corrected chi connectivity index (χ1v) is 9.27. The highest BCUT2D eigenvalue weighted by atomic mass is 32.1. The van der Waals surface area contributed by atoms with E-state index in [4.69, 9.17) is 0 Å². The van der Waals surface area contributed by atoms with E-state index in [0.717, 1.165) is 29.4 Å². The predicted octanol–water partition coefficient (Wildman–Crippen LogP) is 3.46. The lowest BCUT2D eigenvalue weighted by Gasteiger charge is -2.23. The van der Waals surface area contributed by atoms with Crippen molar-refractivity contribution in [1.82, 2.24) is 14.3 Å². The Hall–Kier alpha value is -1.50. The van der Waals surface area contributed by atoms with Crippen LogP contribution < -0.4 is 5.56 Å². The predicted molar refractivity (Wildman–Crippen MR) is 90.8 cm³/mol. The molecule has 1 saturated heterocycles. The average Bonchev–Trinajstić information content (AvgIpc) is 3.19. The monoisotopic (exact) mass is 331 g/mol. The highest BCUT2D eigenvalue weighted by Crippen LogP contribution is 2.33. The summed E-state index contributed by atoms with van der Waals surface area (Å²) in [6.45, 7) is 3.77. The normalized spacial score (nSPS) is 19.2. The van der Waals surface area contributed by atoms with Gasteiger partial charge in [-0.1, -0.05) is 0 Å². The van der Waals surface area contributed by atoms with E-state index in [1.165, 1.54) is 29.7 Å². The second-order valence-electron chi connectivity index (χ2n) is 5.77. The Labute approximate surface area is 136 Å². The first-order valence-electron chi connectivity index (χ1n) is 7.45. The summed E-state index contributed by atoms with van der Waals surface area (Å²) >= 11 is 3.28. The number of thiazole rings is 1. The standard InChI is InChI=1S/C16H17N3OS2/c1-11-9-22-16-17-13(7-15(20)19(11)16)8-18-5-2-3-14(18)12-4-6-21-10-12/h4,6-7,9-10,14H,2-3,5,8H2,1H3/t14-/m0/s1. The van der Waals surface area contributed by atoms with Crippen molar-refractivity contribution in [3.05, 3.63) is 55.6 Å². The van der Waals surface area contributed by atoms with Crippen LogP contribution >= 0.6 is 22.7 Å². The van der Waals surface area contributed by atoms with Crippen molar-refractivity contribution in [3.8, 4) is 0 Å². The van der Waals surface area contributed by atoms with Crippen molar-refractivity contribution >= 4 is 27.6 Å². The zero-order valence-electron chi connectivity index (χ0n) is 12.4. The molecule has 3 aromatic heterocycles. The van der Waals surface area contributed by atoms with Crippen molar-refractivity contribution in [3.63, 3.8) is 0 Å². The molecule has 4 heterocycles. The van der Waals surface area contributed by atoms with Crippen LogP contribution in [0.2, 0.25) is 0 Å². The van der Waals surface area contributed by atoms with Crippen molar-refractivity contribution in [2.24, 2.45) is 0 Å². The Kier molecular flexibility index (Phi) is 3.60. The summed E-state index contributed by atoms with van der Waals surface area (Å²) in [6, 6.07) is 4.37. The molecule has 22 heavy (non-hydrogen) atoms. The van der Waals surface area contributed by atoms with Crippen LogP contribution in [0.5, 0.6) is 0 Å². The number of thiophene rings is 1. The molecule has 4 rings (SSSR count). The molecular formula is C16H17N3OS2. The number of aryl methyl sites for hydroxylation is 1. The third-order valence-electron chi connectivity index (χ3n) is 4.29. The first kappa shape index (κ1) is 14.1. The van der Waals surface area contributed by atoms with Gasteiger partial charge in [-0.2, -0.15) is 11.3 Å². The number of hydrogen-bond acceptors (Lipinski definition) is 5. The van der Waals surface area contributed by atoms with E-state index in [0.29, 0.717) is 6.04 Å². The van der Waals surface area contributed by atoms with E-state index >= 15 is 0 Å². The molecule has 0 unspecified atom stereocenters. The van der Waals surface area contributed by atoms with E-state index in [1.807, 2.05) is 12.3 Å². The minimum absolute atomic E-state index is 0.0324. The molecule has 4 nitrogen and oxygen atoms in total. The highest BCUT2D eigenvalue weighted by Gasteiger charge is 2.26. The molecular weight excluding hydrogens is 314 g/mol. The van der Waals surface area contributed by atoms with Gasteiger partial charge in [0.1, 0.15) is 0 Å². The van der Waals surface area contributed by atoms with Gasteiger partial charge in [-0.05, 0) is 48.7 Å². The first-order chi connectivity index (χ1) is 10.7. The van der Waals surface area contributed by atoms with Gasteiger partial charge in [0.15, 0.2) is 4.96 Å². The van der Waals surface area contributed by atoms with E-state index in [2.05, 4.69) is 26.7 Å². The average molecular weight is 331 g/mol. The van der Waals surface area contributed by atoms with Crippen molar-refractivity contribution in [2.45, 2.75) is 32.4 Å². The van der Waals surface area contributed by atoms with Crippen molar-refractivity contribution in [2.75, 3.05) is 6.54 Å². The van der Waals surface area contributed by atoms with E-state index in [1.54, 1.807) is 21.8 Å². The number of aromatic nitrogens is 2. The Morgan fingerprint density at radius 1 is 1.41 bits per heavy atom. The number of rotatable bonds is 3. The summed E-state index contributed by atoms with van der Waals surface area (Å²) in [4.78, 5) is 20.2. The third-order valence-corrected chi connectivity index (χ3v) is 5.93. The summed E-state index contributed by atoms with van der Waals surface area (Å²) < 4.78 is 1.69. The molecule has 114 valence electrons. The smallest absolute Gasteiger partial charge is 0.259 e. The molecule has 0 saturated carbocycles. The van der Waals surface area contributed by atoms with Crippen LogP contribution in [0.15, 0.2) is 33.1 Å². The van der Waals surface area contributed by atoms with E-state index in [-0.39, 0.29) is 5.56 Å². The Bertz CT molecular complexity index is 850. The quantitative estimate of drug-likeness (QED) is 0.737. The number of likely N-dealkylation sites (tertiary alicyclic amines) is 1. The molecule has 0 bridgehead atoms. The van der Waals surface area contributed by atoms with Gasteiger partial charge in [-0.3, -0.25) is 14.1 Å². The van der Waals surface area contributed by atoms with Crippen molar-refractivity contribution < 1.29 is 0 Å². The lowest BCUT2D eigenvalue weighted by molar-refractivity contribution is 0.246. The molecule has 0 radical (unpaired) electrons. The fourth-order valence-electron chi connectivity index (χ4n) is 3.25. The molecule has 0 amide bonds.